The number of hydrogen-bond acceptors (Lipinski definition) is 4. The summed E-state index contributed by atoms with van der Waals surface area (Å²) < 4.78 is 5.17. The summed E-state index contributed by atoms with van der Waals surface area (Å²) in [5, 5.41) is 8.13. The molecule has 1 aromatic carbocycles. The number of methoxy groups -OCH3 is 1. The highest BCUT2D eigenvalue weighted by atomic mass is 16.5. The van der Waals surface area contributed by atoms with Gasteiger partial charge in [-0.2, -0.15) is 0 Å². The molecule has 5 heteroatoms. The van der Waals surface area contributed by atoms with Gasteiger partial charge in [0, 0.05) is 58.0 Å². The normalized spacial score (nSPS) is 16.6. The highest BCUT2D eigenvalue weighted by molar-refractivity contribution is 5.95. The van der Waals surface area contributed by atoms with Crippen molar-refractivity contribution in [2.45, 2.75) is 20.0 Å². The molecule has 0 bridgehead atoms. The number of carbonyl (C=O) groups is 1. The van der Waals surface area contributed by atoms with Gasteiger partial charge in [0.15, 0.2) is 0 Å². The molecule has 1 amide bonds. The number of nitrogens with zero attached hydrogens (tertiary/aromatic N) is 1. The first-order chi connectivity index (χ1) is 11.4. The lowest BCUT2D eigenvalue weighted by atomic mass is 10.0. The zero-order valence-corrected chi connectivity index (χ0v) is 15.2. The number of benzene rings is 1. The summed E-state index contributed by atoms with van der Waals surface area (Å²) in [5.41, 5.74) is 1.63. The van der Waals surface area contributed by atoms with E-state index >= 15 is 0 Å². The first kappa shape index (κ1) is 18.5. The molecule has 1 saturated heterocycles. The van der Waals surface area contributed by atoms with Gasteiger partial charge >= 0.3 is 0 Å². The summed E-state index contributed by atoms with van der Waals surface area (Å²) in [6.07, 6.45) is 2.07. The SMILES string of the molecule is C=c1cc(C)c(C(=O)NCC(C)OC)c/c1=C/N(C)CC1CNC1. The maximum Gasteiger partial charge on any atom is 0.251 e. The van der Waals surface area contributed by atoms with Crippen molar-refractivity contribution in [2.75, 3.05) is 40.3 Å². The molecule has 1 fully saturated rings. The monoisotopic (exact) mass is 331 g/mol. The predicted octanol–water partition coefficient (Wildman–Crippen LogP) is 0.0592. The van der Waals surface area contributed by atoms with Gasteiger partial charge < -0.3 is 20.3 Å². The number of carbonyl (C=O) groups excluding carboxylic acids is 1. The number of aryl methyl sites for hydroxylation is 1. The van der Waals surface area contributed by atoms with Gasteiger partial charge in [0.2, 0.25) is 0 Å². The van der Waals surface area contributed by atoms with E-state index in [1.165, 1.54) is 0 Å². The van der Waals surface area contributed by atoms with Gasteiger partial charge in [0.25, 0.3) is 5.91 Å². The fraction of sp³-hybridized carbons (Fsp3) is 0.526. The highest BCUT2D eigenvalue weighted by Gasteiger charge is 2.17. The van der Waals surface area contributed by atoms with Crippen molar-refractivity contribution >= 4 is 18.7 Å². The molecule has 0 aliphatic carbocycles. The van der Waals surface area contributed by atoms with E-state index in [0.717, 1.165) is 35.6 Å². The van der Waals surface area contributed by atoms with Crippen molar-refractivity contribution < 1.29 is 9.53 Å². The number of hydrogen-bond donors (Lipinski definition) is 2. The summed E-state index contributed by atoms with van der Waals surface area (Å²) in [6.45, 7) is 11.6. The van der Waals surface area contributed by atoms with Crippen molar-refractivity contribution in [1.29, 1.82) is 0 Å². The second-order valence-electron chi connectivity index (χ2n) is 6.72. The Balaban J connectivity index is 2.17. The van der Waals surface area contributed by atoms with E-state index in [1.54, 1.807) is 7.11 Å². The minimum atomic E-state index is -0.0723. The quantitative estimate of drug-likeness (QED) is 0.742. The van der Waals surface area contributed by atoms with Crippen LogP contribution in [0.25, 0.3) is 12.8 Å². The van der Waals surface area contributed by atoms with Crippen LogP contribution in [0.5, 0.6) is 0 Å². The zero-order chi connectivity index (χ0) is 17.7. The Labute approximate surface area is 144 Å². The van der Waals surface area contributed by atoms with Gasteiger partial charge in [-0.15, -0.1) is 0 Å². The number of amides is 1. The molecule has 5 nitrogen and oxygen atoms in total. The molecule has 1 heterocycles. The van der Waals surface area contributed by atoms with Crippen LogP contribution in [0, 0.1) is 12.8 Å². The molecule has 0 radical (unpaired) electrons. The van der Waals surface area contributed by atoms with Crippen molar-refractivity contribution in [2.24, 2.45) is 5.92 Å². The fourth-order valence-corrected chi connectivity index (χ4v) is 2.74. The van der Waals surface area contributed by atoms with Gasteiger partial charge in [-0.3, -0.25) is 4.79 Å². The maximum absolute atomic E-state index is 12.4. The molecule has 132 valence electrons. The Morgan fingerprint density at radius 2 is 2.25 bits per heavy atom. The van der Waals surface area contributed by atoms with E-state index in [4.69, 9.17) is 4.74 Å². The second-order valence-corrected chi connectivity index (χ2v) is 6.72. The first-order valence-corrected chi connectivity index (χ1v) is 8.44. The standard InChI is InChI=1S/C19H29N3O2/c1-13-6-14(2)18(19(23)21-8-15(3)24-5)7-17(13)12-22(4)11-16-9-20-10-16/h6-7,12,15-16,20H,1,8-11H2,2-5H3,(H,21,23)/b17-12-. The van der Waals surface area contributed by atoms with Crippen molar-refractivity contribution in [3.05, 3.63) is 33.7 Å². The van der Waals surface area contributed by atoms with E-state index in [1.807, 2.05) is 26.0 Å². The number of rotatable bonds is 7. The van der Waals surface area contributed by atoms with Gasteiger partial charge in [0.1, 0.15) is 0 Å². The van der Waals surface area contributed by atoms with Gasteiger partial charge in [-0.05, 0) is 35.9 Å². The lowest BCUT2D eigenvalue weighted by Crippen LogP contribution is -2.47. The van der Waals surface area contributed by atoms with E-state index in [0.29, 0.717) is 18.0 Å². The Morgan fingerprint density at radius 1 is 1.54 bits per heavy atom. The van der Waals surface area contributed by atoms with Crippen molar-refractivity contribution in [3.63, 3.8) is 0 Å². The number of ether oxygens (including phenoxy) is 1. The summed E-state index contributed by atoms with van der Waals surface area (Å²) in [5.74, 6) is 0.625. The molecule has 0 spiro atoms. The maximum atomic E-state index is 12.4. The van der Waals surface area contributed by atoms with Crippen LogP contribution in [0.3, 0.4) is 0 Å². The van der Waals surface area contributed by atoms with Crippen LogP contribution in [-0.4, -0.2) is 57.2 Å². The van der Waals surface area contributed by atoms with Crippen LogP contribution in [0.2, 0.25) is 0 Å². The molecule has 1 atom stereocenters. The third-order valence-corrected chi connectivity index (χ3v) is 4.45. The molecule has 1 unspecified atom stereocenters. The largest absolute Gasteiger partial charge is 0.380 e. The molecular formula is C19H29N3O2. The molecule has 0 aromatic heterocycles. The van der Waals surface area contributed by atoms with E-state index in [9.17, 15) is 4.79 Å². The Kier molecular flexibility index (Phi) is 6.40. The van der Waals surface area contributed by atoms with Crippen LogP contribution < -0.4 is 21.1 Å². The first-order valence-electron chi connectivity index (χ1n) is 8.44. The minimum Gasteiger partial charge on any atom is -0.380 e. The molecule has 24 heavy (non-hydrogen) atoms. The summed E-state index contributed by atoms with van der Waals surface area (Å²) in [7, 11) is 3.71. The van der Waals surface area contributed by atoms with Crippen molar-refractivity contribution in [3.8, 4) is 0 Å². The average Bonchev–Trinajstić information content (AvgIpc) is 2.50. The van der Waals surface area contributed by atoms with Crippen LogP contribution in [0.15, 0.2) is 12.1 Å². The van der Waals surface area contributed by atoms with Crippen LogP contribution in [-0.2, 0) is 4.74 Å². The number of nitrogens with one attached hydrogen (secondary N) is 2. The smallest absolute Gasteiger partial charge is 0.251 e. The van der Waals surface area contributed by atoms with Gasteiger partial charge in [0.05, 0.1) is 6.10 Å². The van der Waals surface area contributed by atoms with Crippen LogP contribution in [0.4, 0.5) is 0 Å². The molecule has 1 aromatic rings. The highest BCUT2D eigenvalue weighted by Crippen LogP contribution is 2.05. The van der Waals surface area contributed by atoms with Crippen LogP contribution in [0.1, 0.15) is 22.8 Å². The fourth-order valence-electron chi connectivity index (χ4n) is 2.74. The summed E-state index contributed by atoms with van der Waals surface area (Å²) in [4.78, 5) is 14.6. The zero-order valence-electron chi connectivity index (χ0n) is 15.2. The minimum absolute atomic E-state index is 0.00498. The molecule has 2 rings (SSSR count). The summed E-state index contributed by atoms with van der Waals surface area (Å²) >= 11 is 0. The van der Waals surface area contributed by atoms with E-state index in [2.05, 4.69) is 35.4 Å². The molecule has 1 aliphatic heterocycles. The van der Waals surface area contributed by atoms with Crippen LogP contribution >= 0.6 is 0 Å². The summed E-state index contributed by atoms with van der Waals surface area (Å²) in [6, 6.07) is 3.90. The Bertz CT molecular complexity index is 683. The van der Waals surface area contributed by atoms with E-state index in [-0.39, 0.29) is 12.0 Å². The van der Waals surface area contributed by atoms with Crippen molar-refractivity contribution in [1.82, 2.24) is 15.5 Å². The van der Waals surface area contributed by atoms with Gasteiger partial charge in [-0.25, -0.2) is 0 Å². The average molecular weight is 331 g/mol. The Hall–Kier alpha value is -1.85. The molecule has 2 N–H and O–H groups in total. The molecular weight excluding hydrogens is 302 g/mol. The third-order valence-electron chi connectivity index (χ3n) is 4.45. The lowest BCUT2D eigenvalue weighted by molar-refractivity contribution is 0.0870. The molecule has 1 aliphatic rings. The topological polar surface area (TPSA) is 53.6 Å². The van der Waals surface area contributed by atoms with E-state index < -0.39 is 0 Å². The lowest BCUT2D eigenvalue weighted by Gasteiger charge is -2.30. The molecule has 0 saturated carbocycles. The predicted molar refractivity (Wildman–Crippen MR) is 98.2 cm³/mol. The third kappa shape index (κ3) is 4.82. The second kappa shape index (κ2) is 8.31. The Morgan fingerprint density at radius 3 is 2.83 bits per heavy atom. The van der Waals surface area contributed by atoms with Gasteiger partial charge in [-0.1, -0.05) is 12.6 Å².